The van der Waals surface area contributed by atoms with E-state index >= 15 is 0 Å². The Bertz CT molecular complexity index is 512. The molecule has 0 aliphatic rings. The Morgan fingerprint density at radius 2 is 2.00 bits per heavy atom. The zero-order valence-corrected chi connectivity index (χ0v) is 12.8. The molecule has 5 nitrogen and oxygen atoms in total. The third kappa shape index (κ3) is 4.90. The van der Waals surface area contributed by atoms with E-state index in [9.17, 15) is 12.8 Å². The smallest absolute Gasteiger partial charge is 0.171 e. The number of hydrogen-bond donors (Lipinski definition) is 2. The van der Waals surface area contributed by atoms with Crippen molar-refractivity contribution in [3.8, 4) is 0 Å². The summed E-state index contributed by atoms with van der Waals surface area (Å²) in [5, 5.41) is 3.11. The van der Waals surface area contributed by atoms with Gasteiger partial charge in [-0.15, -0.1) is 0 Å². The highest BCUT2D eigenvalue weighted by molar-refractivity contribution is 7.72. The third-order valence-corrected chi connectivity index (χ3v) is 3.74. The Hall–Kier alpha value is -0.890. The van der Waals surface area contributed by atoms with Crippen molar-refractivity contribution >= 4 is 28.0 Å². The first-order valence-electron chi connectivity index (χ1n) is 5.92. The summed E-state index contributed by atoms with van der Waals surface area (Å²) in [6.07, 6.45) is 1.11. The SMILES string of the molecule is COC(CCCNc1cc(F)c([SH](=O)=O)cc1Cl)OC. The summed E-state index contributed by atoms with van der Waals surface area (Å²) in [6, 6.07) is 2.17. The fourth-order valence-corrected chi connectivity index (χ4v) is 2.42. The van der Waals surface area contributed by atoms with E-state index in [1.54, 1.807) is 14.2 Å². The Kier molecular flexibility index (Phi) is 7.22. The Balaban J connectivity index is 2.59. The maximum absolute atomic E-state index is 13.5. The Labute approximate surface area is 124 Å². The van der Waals surface area contributed by atoms with Crippen LogP contribution >= 0.6 is 11.6 Å². The minimum absolute atomic E-state index is 0.163. The molecule has 1 aromatic carbocycles. The second-order valence-electron chi connectivity index (χ2n) is 4.01. The van der Waals surface area contributed by atoms with E-state index < -0.39 is 21.4 Å². The molecule has 0 bridgehead atoms. The highest BCUT2D eigenvalue weighted by Crippen LogP contribution is 2.26. The maximum Gasteiger partial charge on any atom is 0.171 e. The quantitative estimate of drug-likeness (QED) is 0.436. The Morgan fingerprint density at radius 1 is 1.35 bits per heavy atom. The minimum atomic E-state index is -2.99. The van der Waals surface area contributed by atoms with Gasteiger partial charge in [-0.3, -0.25) is 0 Å². The number of anilines is 1. The van der Waals surface area contributed by atoms with Gasteiger partial charge in [0.05, 0.1) is 10.7 Å². The van der Waals surface area contributed by atoms with E-state index in [4.69, 9.17) is 21.1 Å². The summed E-state index contributed by atoms with van der Waals surface area (Å²) in [6.45, 7) is 0.533. The van der Waals surface area contributed by atoms with Crippen molar-refractivity contribution in [3.05, 3.63) is 23.0 Å². The highest BCUT2D eigenvalue weighted by Gasteiger charge is 2.10. The van der Waals surface area contributed by atoms with Gasteiger partial charge in [-0.2, -0.15) is 0 Å². The lowest BCUT2D eigenvalue weighted by Gasteiger charge is -2.14. The van der Waals surface area contributed by atoms with Crippen molar-refractivity contribution in [3.63, 3.8) is 0 Å². The largest absolute Gasteiger partial charge is 0.384 e. The van der Waals surface area contributed by atoms with Gasteiger partial charge in [-0.1, -0.05) is 11.6 Å². The molecular formula is C12H17ClFNO4S. The van der Waals surface area contributed by atoms with Crippen LogP contribution in [-0.2, 0) is 20.2 Å². The summed E-state index contributed by atoms with van der Waals surface area (Å²) in [5.41, 5.74) is 0.358. The molecule has 0 unspecified atom stereocenters. The van der Waals surface area contributed by atoms with Gasteiger partial charge in [0.2, 0.25) is 0 Å². The third-order valence-electron chi connectivity index (χ3n) is 2.69. The summed E-state index contributed by atoms with van der Waals surface area (Å²) < 4.78 is 45.1. The summed E-state index contributed by atoms with van der Waals surface area (Å²) in [5.74, 6) is -0.820. The van der Waals surface area contributed by atoms with Gasteiger partial charge in [0.15, 0.2) is 17.0 Å². The highest BCUT2D eigenvalue weighted by atomic mass is 35.5. The van der Waals surface area contributed by atoms with Crippen LogP contribution in [0.2, 0.25) is 5.02 Å². The molecule has 8 heteroatoms. The molecule has 0 spiro atoms. The van der Waals surface area contributed by atoms with Gasteiger partial charge < -0.3 is 14.8 Å². The van der Waals surface area contributed by atoms with E-state index in [1.165, 1.54) is 0 Å². The lowest BCUT2D eigenvalue weighted by atomic mass is 10.2. The van der Waals surface area contributed by atoms with Gasteiger partial charge in [0.1, 0.15) is 10.7 Å². The van der Waals surface area contributed by atoms with Crippen LogP contribution in [-0.4, -0.2) is 35.5 Å². The van der Waals surface area contributed by atoms with Crippen molar-refractivity contribution in [1.82, 2.24) is 0 Å². The van der Waals surface area contributed by atoms with Crippen LogP contribution in [0.15, 0.2) is 17.0 Å². The van der Waals surface area contributed by atoms with Crippen LogP contribution < -0.4 is 5.32 Å². The molecule has 114 valence electrons. The first kappa shape index (κ1) is 17.2. The molecule has 0 saturated carbocycles. The van der Waals surface area contributed by atoms with Crippen LogP contribution in [0.25, 0.3) is 0 Å². The van der Waals surface area contributed by atoms with Crippen LogP contribution in [0, 0.1) is 5.82 Å². The lowest BCUT2D eigenvalue weighted by Crippen LogP contribution is -2.14. The first-order valence-corrected chi connectivity index (χ1v) is 7.48. The standard InChI is InChI=1S/C12H17ClFNO4S/c1-18-12(19-2)4-3-5-15-10-7-9(14)11(20(16)17)6-8(10)13/h6-7,12,15,20H,3-5H2,1-2H3. The summed E-state index contributed by atoms with van der Waals surface area (Å²) >= 11 is 5.90. The fourth-order valence-electron chi connectivity index (χ4n) is 1.64. The van der Waals surface area contributed by atoms with E-state index in [1.807, 2.05) is 0 Å². The molecule has 0 amide bonds. The van der Waals surface area contributed by atoms with Crippen LogP contribution in [0.3, 0.4) is 0 Å². The van der Waals surface area contributed by atoms with Gasteiger partial charge in [-0.05, 0) is 25.0 Å². The summed E-state index contributed by atoms with van der Waals surface area (Å²) in [7, 11) is 0.110. The molecule has 0 heterocycles. The van der Waals surface area contributed by atoms with Crippen molar-refractivity contribution in [1.29, 1.82) is 0 Å². The van der Waals surface area contributed by atoms with E-state index in [2.05, 4.69) is 5.32 Å². The molecule has 1 rings (SSSR count). The first-order chi connectivity index (χ1) is 9.49. The number of ether oxygens (including phenoxy) is 2. The number of benzene rings is 1. The second-order valence-corrected chi connectivity index (χ2v) is 5.41. The molecule has 0 aliphatic heterocycles. The number of halogens is 2. The van der Waals surface area contributed by atoms with Gasteiger partial charge in [-0.25, -0.2) is 12.8 Å². The molecule has 0 fully saturated rings. The predicted molar refractivity (Wildman–Crippen MR) is 75.5 cm³/mol. The van der Waals surface area contributed by atoms with Crippen molar-refractivity contribution in [2.45, 2.75) is 24.0 Å². The topological polar surface area (TPSA) is 64.6 Å². The fraction of sp³-hybridized carbons (Fsp3) is 0.500. The molecule has 1 aromatic rings. The molecule has 0 aromatic heterocycles. The molecular weight excluding hydrogens is 309 g/mol. The normalized spacial score (nSPS) is 11.3. The second kappa shape index (κ2) is 8.41. The molecule has 0 radical (unpaired) electrons. The predicted octanol–water partition coefficient (Wildman–Crippen LogP) is 2.26. The van der Waals surface area contributed by atoms with Crippen LogP contribution in [0.5, 0.6) is 0 Å². The van der Waals surface area contributed by atoms with Crippen LogP contribution in [0.4, 0.5) is 10.1 Å². The van der Waals surface area contributed by atoms with Crippen molar-refractivity contribution < 1.29 is 22.3 Å². The van der Waals surface area contributed by atoms with E-state index in [-0.39, 0.29) is 11.3 Å². The van der Waals surface area contributed by atoms with E-state index in [0.29, 0.717) is 18.7 Å². The van der Waals surface area contributed by atoms with Crippen LogP contribution in [0.1, 0.15) is 12.8 Å². The maximum atomic E-state index is 13.5. The zero-order valence-electron chi connectivity index (χ0n) is 11.2. The number of methoxy groups -OCH3 is 2. The minimum Gasteiger partial charge on any atom is -0.384 e. The van der Waals surface area contributed by atoms with Crippen molar-refractivity contribution in [2.75, 3.05) is 26.1 Å². The average molecular weight is 326 g/mol. The number of thiol groups is 1. The van der Waals surface area contributed by atoms with Gasteiger partial charge >= 0.3 is 0 Å². The molecule has 0 aliphatic carbocycles. The molecule has 20 heavy (non-hydrogen) atoms. The van der Waals surface area contributed by atoms with Crippen molar-refractivity contribution in [2.24, 2.45) is 0 Å². The molecule has 1 N–H and O–H groups in total. The number of rotatable bonds is 8. The molecule has 0 saturated heterocycles. The Morgan fingerprint density at radius 3 is 2.55 bits per heavy atom. The summed E-state index contributed by atoms with van der Waals surface area (Å²) in [4.78, 5) is -0.408. The van der Waals surface area contributed by atoms with E-state index in [0.717, 1.165) is 18.6 Å². The van der Waals surface area contributed by atoms with Gasteiger partial charge in [0, 0.05) is 20.8 Å². The average Bonchev–Trinajstić information content (AvgIpc) is 2.41. The molecule has 0 atom stereocenters. The number of hydrogen-bond acceptors (Lipinski definition) is 5. The number of nitrogens with one attached hydrogen (secondary N) is 1. The lowest BCUT2D eigenvalue weighted by molar-refractivity contribution is -0.106. The monoisotopic (exact) mass is 325 g/mol. The zero-order chi connectivity index (χ0) is 15.1. The van der Waals surface area contributed by atoms with Gasteiger partial charge in [0.25, 0.3) is 0 Å².